The van der Waals surface area contributed by atoms with Gasteiger partial charge in [-0.3, -0.25) is 18.9 Å². The lowest BCUT2D eigenvalue weighted by molar-refractivity contribution is -0.132. The van der Waals surface area contributed by atoms with E-state index >= 15 is 0 Å². The number of ketones is 1. The monoisotopic (exact) mass is 601 g/mol. The molecule has 1 atom stereocenters. The average molecular weight is 602 g/mol. The highest BCUT2D eigenvalue weighted by molar-refractivity contribution is 8.00. The smallest absolute Gasteiger partial charge is 0.301 e. The minimum Gasteiger partial charge on any atom is -0.505 e. The van der Waals surface area contributed by atoms with Crippen molar-refractivity contribution in [3.63, 3.8) is 0 Å². The third-order valence-electron chi connectivity index (χ3n) is 6.99. The predicted octanol–water partition coefficient (Wildman–Crippen LogP) is 6.63. The fraction of sp³-hybridized carbons (Fsp3) is 0.167. The van der Waals surface area contributed by atoms with Gasteiger partial charge in [-0.05, 0) is 48.2 Å². The summed E-state index contributed by atoms with van der Waals surface area (Å²) in [6, 6.07) is 19.8. The molecule has 0 saturated carbocycles. The normalized spacial score (nSPS) is 16.7. The van der Waals surface area contributed by atoms with Gasteiger partial charge in [0.1, 0.15) is 11.3 Å². The van der Waals surface area contributed by atoms with Crippen LogP contribution < -0.4 is 4.90 Å². The number of nitrogens with zero attached hydrogens (tertiary/aromatic N) is 5. The number of imidazole rings is 1. The number of hydrogen-bond acceptors (Lipinski definition) is 8. The lowest BCUT2D eigenvalue weighted by Crippen LogP contribution is -2.29. The molecule has 0 aliphatic carbocycles. The van der Waals surface area contributed by atoms with Crippen molar-refractivity contribution in [3.8, 4) is 0 Å². The van der Waals surface area contributed by atoms with Crippen molar-refractivity contribution >= 4 is 62.9 Å². The number of fused-ring (bicyclic) bond motifs is 1. The van der Waals surface area contributed by atoms with Crippen LogP contribution in [0.15, 0.2) is 82.8 Å². The summed E-state index contributed by atoms with van der Waals surface area (Å²) in [6.07, 6.45) is 2.60. The van der Waals surface area contributed by atoms with Crippen LogP contribution in [-0.2, 0) is 21.8 Å². The summed E-state index contributed by atoms with van der Waals surface area (Å²) in [5, 5.41) is 21.2. The molecule has 6 rings (SSSR count). The topological polar surface area (TPSA) is 101 Å². The number of aliphatic hydroxyl groups excluding tert-OH is 1. The van der Waals surface area contributed by atoms with E-state index in [4.69, 9.17) is 11.6 Å². The van der Waals surface area contributed by atoms with Crippen LogP contribution in [0.1, 0.15) is 41.0 Å². The number of aryl methyl sites for hydroxylation is 2. The molecule has 1 aliphatic heterocycles. The van der Waals surface area contributed by atoms with E-state index in [2.05, 4.69) is 22.1 Å². The quantitative estimate of drug-likeness (QED) is 0.0734. The Hall–Kier alpha value is -3.99. The molecule has 0 bridgehead atoms. The van der Waals surface area contributed by atoms with Gasteiger partial charge in [-0.15, -0.1) is 10.2 Å². The number of halogens is 1. The van der Waals surface area contributed by atoms with Gasteiger partial charge < -0.3 is 5.11 Å². The Labute approximate surface area is 249 Å². The average Bonchev–Trinajstić information content (AvgIpc) is 3.66. The van der Waals surface area contributed by atoms with Crippen molar-refractivity contribution in [2.75, 3.05) is 4.90 Å². The Bertz CT molecular complexity index is 1830. The first-order valence-corrected chi connectivity index (χ1v) is 15.1. The van der Waals surface area contributed by atoms with Crippen LogP contribution in [-0.4, -0.2) is 36.4 Å². The van der Waals surface area contributed by atoms with Gasteiger partial charge in [0.15, 0.2) is 10.1 Å². The van der Waals surface area contributed by atoms with Crippen molar-refractivity contribution in [1.29, 1.82) is 0 Å². The summed E-state index contributed by atoms with van der Waals surface area (Å²) in [4.78, 5) is 33.1. The maximum absolute atomic E-state index is 13.6. The van der Waals surface area contributed by atoms with Crippen molar-refractivity contribution in [3.05, 3.63) is 112 Å². The van der Waals surface area contributed by atoms with Crippen molar-refractivity contribution in [2.24, 2.45) is 0 Å². The number of hydrogen-bond donors (Lipinski definition) is 1. The lowest BCUT2D eigenvalue weighted by Gasteiger charge is -2.22. The molecule has 41 heavy (non-hydrogen) atoms. The fourth-order valence-electron chi connectivity index (χ4n) is 4.92. The summed E-state index contributed by atoms with van der Waals surface area (Å²) in [7, 11) is 0. The number of amides is 1. The molecule has 1 saturated heterocycles. The zero-order valence-electron chi connectivity index (χ0n) is 22.1. The Morgan fingerprint density at radius 2 is 1.80 bits per heavy atom. The molecular formula is C30H24ClN5O3S2. The Kier molecular flexibility index (Phi) is 7.37. The number of aromatic nitrogens is 4. The molecular weight excluding hydrogens is 578 g/mol. The standard InChI is InChI=1S/C30H24ClN5O3S2/c1-3-18-11-13-19(14-12-18)25-23(26(37)24-17(2)32-22-10-6-7-15-35(22)24)27(38)28(39)36(25)29-33-34-30(41-29)40-16-20-8-4-5-9-21(20)31/h4-15,25,37H,3,16H2,1-2H3/b26-23+. The molecule has 1 amide bonds. The summed E-state index contributed by atoms with van der Waals surface area (Å²) in [6.45, 7) is 3.81. The number of benzene rings is 2. The van der Waals surface area contributed by atoms with E-state index in [0.29, 0.717) is 37.7 Å². The largest absolute Gasteiger partial charge is 0.505 e. The number of anilines is 1. The van der Waals surface area contributed by atoms with Gasteiger partial charge in [-0.1, -0.05) is 90.2 Å². The number of rotatable bonds is 7. The molecule has 5 aromatic rings. The van der Waals surface area contributed by atoms with Crippen LogP contribution in [0.4, 0.5) is 5.13 Å². The molecule has 0 radical (unpaired) electrons. The third-order valence-corrected chi connectivity index (χ3v) is 9.46. The van der Waals surface area contributed by atoms with Crippen LogP contribution >= 0.6 is 34.7 Å². The fourth-order valence-corrected chi connectivity index (χ4v) is 7.07. The SMILES string of the molecule is CCc1ccc(C2/C(=C(\O)c3c(C)nc4ccccn34)C(=O)C(=O)N2c2nnc(SCc3ccccc3Cl)s2)cc1. The van der Waals surface area contributed by atoms with Gasteiger partial charge in [0.2, 0.25) is 5.13 Å². The Balaban J connectivity index is 1.44. The number of Topliss-reactive ketones (excluding diaryl/α,β-unsaturated/α-hetero) is 1. The van der Waals surface area contributed by atoms with Gasteiger partial charge in [-0.25, -0.2) is 4.98 Å². The summed E-state index contributed by atoms with van der Waals surface area (Å²) in [5.41, 5.74) is 4.24. The van der Waals surface area contributed by atoms with E-state index in [9.17, 15) is 14.7 Å². The second kappa shape index (κ2) is 11.1. The lowest BCUT2D eigenvalue weighted by atomic mass is 9.95. The summed E-state index contributed by atoms with van der Waals surface area (Å²) >= 11 is 8.96. The first-order chi connectivity index (χ1) is 19.9. The minimum absolute atomic E-state index is 0.0199. The highest BCUT2D eigenvalue weighted by atomic mass is 35.5. The van der Waals surface area contributed by atoms with E-state index < -0.39 is 17.7 Å². The number of aliphatic hydroxyl groups is 1. The highest BCUT2D eigenvalue weighted by Gasteiger charge is 2.48. The molecule has 1 aliphatic rings. The van der Waals surface area contributed by atoms with Crippen molar-refractivity contribution in [2.45, 2.75) is 36.4 Å². The molecule has 0 spiro atoms. The predicted molar refractivity (Wildman–Crippen MR) is 161 cm³/mol. The first-order valence-electron chi connectivity index (χ1n) is 12.9. The van der Waals surface area contributed by atoms with Crippen LogP contribution in [0.5, 0.6) is 0 Å². The second-order valence-electron chi connectivity index (χ2n) is 9.47. The summed E-state index contributed by atoms with van der Waals surface area (Å²) in [5.74, 6) is -1.29. The van der Waals surface area contributed by atoms with Gasteiger partial charge in [-0.2, -0.15) is 0 Å². The first kappa shape index (κ1) is 27.2. The van der Waals surface area contributed by atoms with Crippen molar-refractivity contribution in [1.82, 2.24) is 19.6 Å². The molecule has 1 unspecified atom stereocenters. The van der Waals surface area contributed by atoms with Gasteiger partial charge in [0, 0.05) is 17.0 Å². The maximum atomic E-state index is 13.6. The van der Waals surface area contributed by atoms with E-state index in [-0.39, 0.29) is 16.5 Å². The van der Waals surface area contributed by atoms with Crippen LogP contribution in [0.3, 0.4) is 0 Å². The Morgan fingerprint density at radius 3 is 2.56 bits per heavy atom. The zero-order chi connectivity index (χ0) is 28.7. The minimum atomic E-state index is -0.899. The maximum Gasteiger partial charge on any atom is 0.301 e. The number of carbonyl (C=O) groups excluding carboxylic acids is 2. The molecule has 2 aromatic carbocycles. The molecule has 206 valence electrons. The zero-order valence-corrected chi connectivity index (χ0v) is 24.5. The van der Waals surface area contributed by atoms with Crippen LogP contribution in [0.25, 0.3) is 11.4 Å². The van der Waals surface area contributed by atoms with E-state index in [0.717, 1.165) is 17.5 Å². The molecule has 1 fully saturated rings. The van der Waals surface area contributed by atoms with E-state index in [1.807, 2.05) is 66.7 Å². The molecule has 1 N–H and O–H groups in total. The number of carbonyl (C=O) groups is 2. The number of thioether (sulfide) groups is 1. The third kappa shape index (κ3) is 4.92. The van der Waals surface area contributed by atoms with Crippen LogP contribution in [0, 0.1) is 6.92 Å². The molecule has 3 aromatic heterocycles. The number of pyridine rings is 1. The molecule has 8 nitrogen and oxygen atoms in total. The highest BCUT2D eigenvalue weighted by Crippen LogP contribution is 2.44. The summed E-state index contributed by atoms with van der Waals surface area (Å²) < 4.78 is 2.34. The van der Waals surface area contributed by atoms with E-state index in [1.54, 1.807) is 17.5 Å². The molecule has 4 heterocycles. The van der Waals surface area contributed by atoms with Gasteiger partial charge in [0.05, 0.1) is 17.3 Å². The van der Waals surface area contributed by atoms with Crippen molar-refractivity contribution < 1.29 is 14.7 Å². The molecule has 11 heteroatoms. The van der Waals surface area contributed by atoms with Gasteiger partial charge >= 0.3 is 5.91 Å². The van der Waals surface area contributed by atoms with Gasteiger partial charge in [0.25, 0.3) is 5.78 Å². The second-order valence-corrected chi connectivity index (χ2v) is 12.1. The van der Waals surface area contributed by atoms with Crippen LogP contribution in [0.2, 0.25) is 5.02 Å². The Morgan fingerprint density at radius 1 is 1.05 bits per heavy atom. The van der Waals surface area contributed by atoms with E-state index in [1.165, 1.54) is 28.0 Å².